The topological polar surface area (TPSA) is 71.8 Å². The monoisotopic (exact) mass is 247 g/mol. The lowest BCUT2D eigenvalue weighted by molar-refractivity contribution is 0.618. The fourth-order valence-corrected chi connectivity index (χ4v) is 1.71. The summed E-state index contributed by atoms with van der Waals surface area (Å²) in [5, 5.41) is 0. The molecule has 0 saturated heterocycles. The minimum atomic E-state index is -0.279. The van der Waals surface area contributed by atoms with Gasteiger partial charge < -0.3 is 10.7 Å². The molecule has 0 radical (unpaired) electrons. The summed E-state index contributed by atoms with van der Waals surface area (Å²) in [6.07, 6.45) is 0.539. The molecule has 0 unspecified atom stereocenters. The first-order valence-corrected chi connectivity index (χ1v) is 5.67. The van der Waals surface area contributed by atoms with E-state index in [0.29, 0.717) is 35.6 Å². The molecule has 0 spiro atoms. The van der Waals surface area contributed by atoms with Gasteiger partial charge >= 0.3 is 0 Å². The molecule has 5 heteroatoms. The van der Waals surface area contributed by atoms with Gasteiger partial charge in [0.2, 0.25) is 0 Å². The average Bonchev–Trinajstić information content (AvgIpc) is 2.32. The van der Waals surface area contributed by atoms with Gasteiger partial charge in [0.05, 0.1) is 0 Å². The van der Waals surface area contributed by atoms with Gasteiger partial charge in [0.15, 0.2) is 0 Å². The molecule has 3 N–H and O–H groups in total. The van der Waals surface area contributed by atoms with Gasteiger partial charge in [-0.3, -0.25) is 4.79 Å². The fourth-order valence-electron chi connectivity index (χ4n) is 1.71. The Kier molecular flexibility index (Phi) is 3.53. The quantitative estimate of drug-likeness (QED) is 0.860. The van der Waals surface area contributed by atoms with E-state index in [2.05, 4.69) is 9.97 Å². The number of aromatic amines is 1. The highest BCUT2D eigenvalue weighted by molar-refractivity contribution is 5.56. The minimum Gasteiger partial charge on any atom is -0.330 e. The zero-order valence-corrected chi connectivity index (χ0v) is 10.0. The van der Waals surface area contributed by atoms with Gasteiger partial charge in [-0.2, -0.15) is 0 Å². The Balaban J connectivity index is 2.49. The van der Waals surface area contributed by atoms with Crippen LogP contribution in [0.15, 0.2) is 29.1 Å². The van der Waals surface area contributed by atoms with E-state index in [-0.39, 0.29) is 11.4 Å². The zero-order valence-electron chi connectivity index (χ0n) is 10.0. The second-order valence-corrected chi connectivity index (χ2v) is 4.09. The summed E-state index contributed by atoms with van der Waals surface area (Å²) in [4.78, 5) is 18.4. The third kappa shape index (κ3) is 2.62. The average molecular weight is 247 g/mol. The third-order valence-corrected chi connectivity index (χ3v) is 2.63. The van der Waals surface area contributed by atoms with Crippen molar-refractivity contribution in [3.63, 3.8) is 0 Å². The first-order valence-electron chi connectivity index (χ1n) is 5.67. The van der Waals surface area contributed by atoms with Gasteiger partial charge in [0.1, 0.15) is 11.6 Å². The van der Waals surface area contributed by atoms with Crippen molar-refractivity contribution in [2.75, 3.05) is 6.54 Å². The normalized spacial score (nSPS) is 10.6. The van der Waals surface area contributed by atoms with Gasteiger partial charge in [-0.1, -0.05) is 0 Å². The molecule has 0 bridgehead atoms. The van der Waals surface area contributed by atoms with Crippen LogP contribution in [0.3, 0.4) is 0 Å². The van der Waals surface area contributed by atoms with Crippen molar-refractivity contribution in [2.45, 2.75) is 13.3 Å². The fraction of sp³-hybridized carbons (Fsp3) is 0.231. The van der Waals surface area contributed by atoms with Crippen molar-refractivity contribution in [1.29, 1.82) is 0 Å². The Morgan fingerprint density at radius 1 is 1.39 bits per heavy atom. The van der Waals surface area contributed by atoms with Gasteiger partial charge in [-0.05, 0) is 37.2 Å². The van der Waals surface area contributed by atoms with E-state index in [1.54, 1.807) is 19.1 Å². The second kappa shape index (κ2) is 5.10. The number of nitrogens with zero attached hydrogens (tertiary/aromatic N) is 1. The van der Waals surface area contributed by atoms with Gasteiger partial charge in [0, 0.05) is 23.7 Å². The molecule has 2 rings (SSSR count). The smallest absolute Gasteiger partial charge is 0.251 e. The van der Waals surface area contributed by atoms with Crippen molar-refractivity contribution in [3.8, 4) is 11.4 Å². The van der Waals surface area contributed by atoms with E-state index in [0.717, 1.165) is 0 Å². The first kappa shape index (κ1) is 12.4. The standard InChI is InChI=1S/C13H14FN3O/c1-8-6-9(2-3-11(8)14)13-16-10(4-5-15)7-12(18)17-13/h2-3,6-7H,4-5,15H2,1H3,(H,16,17,18). The molecular weight excluding hydrogens is 233 g/mol. The summed E-state index contributed by atoms with van der Waals surface area (Å²) in [5.41, 5.74) is 7.05. The minimum absolute atomic E-state index is 0.231. The SMILES string of the molecule is Cc1cc(-c2nc(CCN)cc(=O)[nH]2)ccc1F. The number of hydrogen-bond acceptors (Lipinski definition) is 3. The number of benzene rings is 1. The Labute approximate surface area is 104 Å². The van der Waals surface area contributed by atoms with Crippen LogP contribution in [-0.4, -0.2) is 16.5 Å². The molecule has 1 heterocycles. The van der Waals surface area contributed by atoms with Crippen LogP contribution in [0.25, 0.3) is 11.4 Å². The number of hydrogen-bond donors (Lipinski definition) is 2. The molecule has 0 aliphatic rings. The second-order valence-electron chi connectivity index (χ2n) is 4.09. The molecule has 18 heavy (non-hydrogen) atoms. The maximum absolute atomic E-state index is 13.2. The van der Waals surface area contributed by atoms with Crippen LogP contribution in [0, 0.1) is 12.7 Å². The molecule has 0 atom stereocenters. The summed E-state index contributed by atoms with van der Waals surface area (Å²) >= 11 is 0. The molecule has 0 aliphatic carbocycles. The molecule has 1 aromatic heterocycles. The third-order valence-electron chi connectivity index (χ3n) is 2.63. The van der Waals surface area contributed by atoms with E-state index < -0.39 is 0 Å². The summed E-state index contributed by atoms with van der Waals surface area (Å²) in [6, 6.07) is 6.03. The lowest BCUT2D eigenvalue weighted by Gasteiger charge is -2.05. The van der Waals surface area contributed by atoms with E-state index >= 15 is 0 Å². The number of nitrogens with one attached hydrogen (secondary N) is 1. The van der Waals surface area contributed by atoms with Gasteiger partial charge in [0.25, 0.3) is 5.56 Å². The highest BCUT2D eigenvalue weighted by Crippen LogP contribution is 2.17. The number of halogens is 1. The molecule has 4 nitrogen and oxygen atoms in total. The molecular formula is C13H14FN3O. The number of aromatic nitrogens is 2. The number of aryl methyl sites for hydroxylation is 1. The van der Waals surface area contributed by atoms with Crippen LogP contribution in [0.5, 0.6) is 0 Å². The summed E-state index contributed by atoms with van der Waals surface area (Å²) < 4.78 is 13.2. The van der Waals surface area contributed by atoms with Crippen LogP contribution in [0.4, 0.5) is 4.39 Å². The van der Waals surface area contributed by atoms with E-state index in [9.17, 15) is 9.18 Å². The number of nitrogens with two attached hydrogens (primary N) is 1. The zero-order chi connectivity index (χ0) is 13.1. The Morgan fingerprint density at radius 2 is 2.17 bits per heavy atom. The molecule has 0 aliphatic heterocycles. The van der Waals surface area contributed by atoms with Crippen LogP contribution in [-0.2, 0) is 6.42 Å². The Hall–Kier alpha value is -2.01. The molecule has 0 fully saturated rings. The molecule has 0 saturated carbocycles. The van der Waals surface area contributed by atoms with Gasteiger partial charge in [-0.15, -0.1) is 0 Å². The number of rotatable bonds is 3. The van der Waals surface area contributed by atoms with Crippen molar-refractivity contribution >= 4 is 0 Å². The molecule has 0 amide bonds. The maximum Gasteiger partial charge on any atom is 0.251 e. The summed E-state index contributed by atoms with van der Waals surface area (Å²) in [6.45, 7) is 2.10. The lowest BCUT2D eigenvalue weighted by atomic mass is 10.1. The lowest BCUT2D eigenvalue weighted by Crippen LogP contribution is -2.13. The molecule has 2 aromatic rings. The Bertz CT molecular complexity index is 622. The largest absolute Gasteiger partial charge is 0.330 e. The van der Waals surface area contributed by atoms with Crippen molar-refractivity contribution in [1.82, 2.24) is 9.97 Å². The van der Waals surface area contributed by atoms with Crippen LogP contribution < -0.4 is 11.3 Å². The van der Waals surface area contributed by atoms with E-state index in [1.165, 1.54) is 12.1 Å². The van der Waals surface area contributed by atoms with E-state index in [4.69, 9.17) is 5.73 Å². The first-order chi connectivity index (χ1) is 8.60. The van der Waals surface area contributed by atoms with Gasteiger partial charge in [-0.25, -0.2) is 9.37 Å². The van der Waals surface area contributed by atoms with Crippen LogP contribution in [0.1, 0.15) is 11.3 Å². The van der Waals surface area contributed by atoms with E-state index in [1.807, 2.05) is 0 Å². The van der Waals surface area contributed by atoms with Crippen LogP contribution in [0.2, 0.25) is 0 Å². The van der Waals surface area contributed by atoms with Crippen molar-refractivity contribution in [3.05, 3.63) is 51.7 Å². The highest BCUT2D eigenvalue weighted by Gasteiger charge is 2.06. The maximum atomic E-state index is 13.2. The predicted molar refractivity (Wildman–Crippen MR) is 67.7 cm³/mol. The highest BCUT2D eigenvalue weighted by atomic mass is 19.1. The summed E-state index contributed by atoms with van der Waals surface area (Å²) in [5.74, 6) is 0.160. The summed E-state index contributed by atoms with van der Waals surface area (Å²) in [7, 11) is 0. The number of H-pyrrole nitrogens is 1. The predicted octanol–water partition coefficient (Wildman–Crippen LogP) is 1.39. The Morgan fingerprint density at radius 3 is 2.83 bits per heavy atom. The molecule has 1 aromatic carbocycles. The van der Waals surface area contributed by atoms with Crippen LogP contribution >= 0.6 is 0 Å². The van der Waals surface area contributed by atoms with Crippen molar-refractivity contribution < 1.29 is 4.39 Å². The molecule has 94 valence electrons. The van der Waals surface area contributed by atoms with Crippen molar-refractivity contribution in [2.24, 2.45) is 5.73 Å².